The summed E-state index contributed by atoms with van der Waals surface area (Å²) in [7, 11) is 1.80. The summed E-state index contributed by atoms with van der Waals surface area (Å²) in [5.41, 5.74) is 2.78. The lowest BCUT2D eigenvalue weighted by molar-refractivity contribution is -0.284. The molecular weight excluding hydrogens is 595 g/mol. The Bertz CT molecular complexity index is 1110. The van der Waals surface area contributed by atoms with Crippen LogP contribution in [0.5, 0.6) is 5.75 Å². The van der Waals surface area contributed by atoms with Gasteiger partial charge in [0.05, 0.1) is 12.2 Å². The number of benzene rings is 1. The molecule has 2 N–H and O–H groups in total. The maximum Gasteiger partial charge on any atom is 0.453 e. The fourth-order valence-electron chi connectivity index (χ4n) is 9.75. The van der Waals surface area contributed by atoms with Crippen molar-refractivity contribution in [3.8, 4) is 5.75 Å². The predicted molar refractivity (Wildman–Crippen MR) is 165 cm³/mol. The lowest BCUT2D eigenvalue weighted by Gasteiger charge is -2.55. The number of ether oxygens (including phenoxy) is 1. The second-order valence-electron chi connectivity index (χ2n) is 14.5. The fourth-order valence-corrected chi connectivity index (χ4v) is 10.7. The van der Waals surface area contributed by atoms with Gasteiger partial charge < -0.3 is 14.9 Å². The molecule has 0 radical (unpaired) electrons. The zero-order valence-corrected chi connectivity index (χ0v) is 27.1. The topological polar surface area (TPSA) is 49.7 Å². The van der Waals surface area contributed by atoms with Crippen molar-refractivity contribution < 1.29 is 36.9 Å². The Balaban J connectivity index is 1.08. The first-order chi connectivity index (χ1) is 20.9. The molecule has 0 amide bonds. The predicted octanol–water partition coefficient (Wildman–Crippen LogP) is 10.2. The van der Waals surface area contributed by atoms with Crippen molar-refractivity contribution in [3.63, 3.8) is 0 Å². The third-order valence-electron chi connectivity index (χ3n) is 12.2. The van der Waals surface area contributed by atoms with Gasteiger partial charge in [-0.25, -0.2) is 0 Å². The molecule has 1 aromatic rings. The monoisotopic (exact) mass is 646 g/mol. The summed E-state index contributed by atoms with van der Waals surface area (Å²) >= 11 is 1.47. The van der Waals surface area contributed by atoms with Crippen LogP contribution in [-0.4, -0.2) is 47.0 Å². The third kappa shape index (κ3) is 6.54. The van der Waals surface area contributed by atoms with E-state index in [9.17, 15) is 32.2 Å². The minimum atomic E-state index is -5.45. The molecule has 0 saturated heterocycles. The zero-order chi connectivity index (χ0) is 31.8. The van der Waals surface area contributed by atoms with Crippen molar-refractivity contribution in [1.29, 1.82) is 0 Å². The molecule has 9 heteroatoms. The second-order valence-corrected chi connectivity index (χ2v) is 15.7. The number of rotatable bonds is 15. The molecule has 0 aromatic heterocycles. The zero-order valence-electron chi connectivity index (χ0n) is 26.3. The van der Waals surface area contributed by atoms with E-state index in [1.54, 1.807) is 7.11 Å². The van der Waals surface area contributed by atoms with Gasteiger partial charge in [-0.15, -0.1) is 0 Å². The normalized spacial score (nSPS) is 32.4. The molecule has 0 heterocycles. The van der Waals surface area contributed by atoms with E-state index in [-0.39, 0.29) is 29.5 Å². The number of phenols is 1. The van der Waals surface area contributed by atoms with Gasteiger partial charge in [0.25, 0.3) is 0 Å². The van der Waals surface area contributed by atoms with Gasteiger partial charge in [0.15, 0.2) is 0 Å². The number of unbranched alkanes of at least 4 members (excludes halogenated alkanes) is 6. The Hall–Kier alpha value is -1.06. The van der Waals surface area contributed by atoms with Gasteiger partial charge in [-0.1, -0.05) is 51.5 Å². The second kappa shape index (κ2) is 13.6. The minimum absolute atomic E-state index is 0.0502. The highest BCUT2D eigenvalue weighted by Gasteiger charge is 2.71. The molecule has 4 aliphatic carbocycles. The SMILES string of the molecule is COC1c2cc(O)ccc2C2CC[C@@]3(C)C(C[C@@H](O)C34CC4)C2C1CCCCCCCCCSCCCC(F)(F)C(F)(F)F. The Kier molecular flexibility index (Phi) is 10.6. The first-order valence-electron chi connectivity index (χ1n) is 16.9. The molecule has 44 heavy (non-hydrogen) atoms. The molecule has 5 unspecified atom stereocenters. The van der Waals surface area contributed by atoms with E-state index in [0.717, 1.165) is 94.8 Å². The summed E-state index contributed by atoms with van der Waals surface area (Å²) in [5.74, 6) is -1.39. The molecule has 5 rings (SSSR count). The molecule has 4 aliphatic rings. The van der Waals surface area contributed by atoms with E-state index in [2.05, 4.69) is 13.0 Å². The maximum absolute atomic E-state index is 13.0. The summed E-state index contributed by atoms with van der Waals surface area (Å²) in [6.07, 6.45) is 7.30. The Morgan fingerprint density at radius 1 is 0.909 bits per heavy atom. The summed E-state index contributed by atoms with van der Waals surface area (Å²) in [4.78, 5) is 0. The largest absolute Gasteiger partial charge is 0.508 e. The Labute approximate surface area is 264 Å². The van der Waals surface area contributed by atoms with Crippen LogP contribution in [0.2, 0.25) is 0 Å². The molecule has 3 fully saturated rings. The first-order valence-corrected chi connectivity index (χ1v) is 18.1. The van der Waals surface area contributed by atoms with Crippen molar-refractivity contribution in [1.82, 2.24) is 0 Å². The molecule has 7 atom stereocenters. The Morgan fingerprint density at radius 3 is 2.23 bits per heavy atom. The van der Waals surface area contributed by atoms with Crippen LogP contribution < -0.4 is 0 Å². The average molecular weight is 647 g/mol. The third-order valence-corrected chi connectivity index (χ3v) is 13.4. The lowest BCUT2D eigenvalue weighted by atomic mass is 9.50. The van der Waals surface area contributed by atoms with Crippen LogP contribution in [0.25, 0.3) is 0 Å². The van der Waals surface area contributed by atoms with E-state index < -0.39 is 18.5 Å². The van der Waals surface area contributed by atoms with Crippen molar-refractivity contribution in [2.45, 2.75) is 133 Å². The molecule has 1 spiro atoms. The van der Waals surface area contributed by atoms with Crippen LogP contribution in [0.1, 0.15) is 126 Å². The number of fused-ring (bicyclic) bond motifs is 6. The number of thioether (sulfide) groups is 1. The van der Waals surface area contributed by atoms with Crippen LogP contribution in [0.4, 0.5) is 22.0 Å². The minimum Gasteiger partial charge on any atom is -0.508 e. The van der Waals surface area contributed by atoms with E-state index in [1.165, 1.54) is 17.3 Å². The number of methoxy groups -OCH3 is 1. The van der Waals surface area contributed by atoms with Gasteiger partial charge in [-0.05, 0) is 115 Å². The highest BCUT2D eigenvalue weighted by molar-refractivity contribution is 7.99. The van der Waals surface area contributed by atoms with Gasteiger partial charge >= 0.3 is 12.1 Å². The van der Waals surface area contributed by atoms with Crippen LogP contribution in [0.3, 0.4) is 0 Å². The number of aliphatic hydroxyl groups is 1. The van der Waals surface area contributed by atoms with E-state index in [1.807, 2.05) is 12.1 Å². The van der Waals surface area contributed by atoms with Crippen LogP contribution in [0, 0.1) is 28.6 Å². The number of aromatic hydroxyl groups is 1. The highest BCUT2D eigenvalue weighted by atomic mass is 32.2. The van der Waals surface area contributed by atoms with E-state index in [0.29, 0.717) is 35.2 Å². The standard InChI is InChI=1S/C35H51F5O3S/c1-32-16-14-25-24-13-12-23(41)21-27(24)31(43-2)26(30(25)28(32)22-29(42)33(32)17-18-33)11-8-6-4-3-5-7-9-19-44-20-10-15-34(36,37)35(38,39)40/h12-13,21,25-26,28-31,41-42H,3-11,14-20,22H2,1-2H3/t25?,26?,28?,29-,30?,31?,32+/m1/s1. The molecular formula is C35H51F5O3S. The number of phenolic OH excluding ortho intramolecular Hbond substituents is 1. The summed E-state index contributed by atoms with van der Waals surface area (Å²) in [6.45, 7) is 2.47. The number of hydrogen-bond donors (Lipinski definition) is 2. The van der Waals surface area contributed by atoms with Gasteiger partial charge in [-0.2, -0.15) is 33.7 Å². The number of hydrogen-bond acceptors (Lipinski definition) is 4. The summed E-state index contributed by atoms with van der Waals surface area (Å²) in [6, 6.07) is 5.86. The maximum atomic E-state index is 13.0. The highest BCUT2D eigenvalue weighted by Crippen LogP contribution is 2.77. The molecule has 0 bridgehead atoms. The molecule has 3 saturated carbocycles. The number of halogens is 5. The molecule has 3 nitrogen and oxygen atoms in total. The Morgan fingerprint density at radius 2 is 1.57 bits per heavy atom. The summed E-state index contributed by atoms with van der Waals surface area (Å²) in [5, 5.41) is 21.6. The smallest absolute Gasteiger partial charge is 0.453 e. The van der Waals surface area contributed by atoms with Gasteiger partial charge in [0.1, 0.15) is 5.75 Å². The van der Waals surface area contributed by atoms with Crippen molar-refractivity contribution >= 4 is 11.8 Å². The van der Waals surface area contributed by atoms with Crippen LogP contribution in [-0.2, 0) is 4.74 Å². The fraction of sp³-hybridized carbons (Fsp3) is 0.829. The lowest BCUT2D eigenvalue weighted by Crippen LogP contribution is -2.48. The number of aliphatic hydroxyl groups excluding tert-OH is 1. The van der Waals surface area contributed by atoms with Crippen LogP contribution >= 0.6 is 11.8 Å². The van der Waals surface area contributed by atoms with Crippen molar-refractivity contribution in [3.05, 3.63) is 29.3 Å². The molecule has 0 aliphatic heterocycles. The van der Waals surface area contributed by atoms with Crippen LogP contribution in [0.15, 0.2) is 18.2 Å². The first kappa shape index (κ1) is 34.3. The number of alkyl halides is 5. The van der Waals surface area contributed by atoms with Gasteiger partial charge in [0.2, 0.25) is 0 Å². The molecule has 250 valence electrons. The van der Waals surface area contributed by atoms with Gasteiger partial charge in [0, 0.05) is 18.9 Å². The molecule has 1 aromatic carbocycles. The summed E-state index contributed by atoms with van der Waals surface area (Å²) < 4.78 is 68.9. The average Bonchev–Trinajstić information content (AvgIpc) is 3.75. The van der Waals surface area contributed by atoms with E-state index >= 15 is 0 Å². The quantitative estimate of drug-likeness (QED) is 0.147. The van der Waals surface area contributed by atoms with Gasteiger partial charge in [-0.3, -0.25) is 0 Å². The van der Waals surface area contributed by atoms with Crippen molar-refractivity contribution in [2.75, 3.05) is 18.6 Å². The van der Waals surface area contributed by atoms with E-state index in [4.69, 9.17) is 4.74 Å². The van der Waals surface area contributed by atoms with Crippen molar-refractivity contribution in [2.24, 2.45) is 28.6 Å².